The van der Waals surface area contributed by atoms with Gasteiger partial charge < -0.3 is 10.2 Å². The van der Waals surface area contributed by atoms with Crippen LogP contribution < -0.4 is 5.32 Å². The third kappa shape index (κ3) is 3.30. The Kier molecular flexibility index (Phi) is 4.10. The second-order valence-electron chi connectivity index (χ2n) is 5.50. The highest BCUT2D eigenvalue weighted by molar-refractivity contribution is 7.16. The lowest BCUT2D eigenvalue weighted by molar-refractivity contribution is -0.121. The Morgan fingerprint density at radius 3 is 3.11 bits per heavy atom. The molecule has 3 heterocycles. The summed E-state index contributed by atoms with van der Waals surface area (Å²) in [7, 11) is 0. The number of nitrogens with one attached hydrogen (secondary N) is 1. The number of thiophene rings is 1. The predicted octanol–water partition coefficient (Wildman–Crippen LogP) is 2.69. The standard InChI is InChI=1S/C14H19ClN2OS/c15-13-4-3-12(19-13)9-14(18)16-10-5-7-17-6-1-2-11(17)8-10/h3-4,10-11H,1-2,5-9H2,(H,16,18)/t10-,11-/m0/s1. The number of nitrogens with zero attached hydrogens (tertiary/aromatic N) is 1. The first-order valence-electron chi connectivity index (χ1n) is 6.98. The number of piperidine rings is 1. The lowest BCUT2D eigenvalue weighted by Crippen LogP contribution is -2.47. The van der Waals surface area contributed by atoms with Crippen LogP contribution in [0.1, 0.15) is 30.6 Å². The van der Waals surface area contributed by atoms with E-state index < -0.39 is 0 Å². The first-order chi connectivity index (χ1) is 9.20. The van der Waals surface area contributed by atoms with Crippen LogP contribution in [0.3, 0.4) is 0 Å². The van der Waals surface area contributed by atoms with Crippen molar-refractivity contribution in [2.45, 2.75) is 44.2 Å². The monoisotopic (exact) mass is 298 g/mol. The van der Waals surface area contributed by atoms with Crippen LogP contribution in [0.5, 0.6) is 0 Å². The maximum Gasteiger partial charge on any atom is 0.225 e. The van der Waals surface area contributed by atoms with Gasteiger partial charge in [-0.25, -0.2) is 0 Å². The summed E-state index contributed by atoms with van der Waals surface area (Å²) >= 11 is 7.37. The number of carbonyl (C=O) groups is 1. The maximum atomic E-state index is 12.0. The van der Waals surface area contributed by atoms with E-state index in [1.165, 1.54) is 30.7 Å². The molecule has 5 heteroatoms. The molecule has 2 aliphatic heterocycles. The van der Waals surface area contributed by atoms with Crippen LogP contribution in [-0.2, 0) is 11.2 Å². The number of hydrogen-bond acceptors (Lipinski definition) is 3. The number of carbonyl (C=O) groups excluding carboxylic acids is 1. The first kappa shape index (κ1) is 13.4. The second kappa shape index (κ2) is 5.81. The topological polar surface area (TPSA) is 32.3 Å². The molecule has 0 aliphatic carbocycles. The van der Waals surface area contributed by atoms with E-state index >= 15 is 0 Å². The zero-order valence-corrected chi connectivity index (χ0v) is 12.5. The fourth-order valence-electron chi connectivity index (χ4n) is 3.24. The summed E-state index contributed by atoms with van der Waals surface area (Å²) in [5.74, 6) is 0.134. The van der Waals surface area contributed by atoms with Gasteiger partial charge in [-0.05, 0) is 44.4 Å². The van der Waals surface area contributed by atoms with Gasteiger partial charge in [0, 0.05) is 23.5 Å². The molecule has 0 bridgehead atoms. The van der Waals surface area contributed by atoms with Crippen LogP contribution >= 0.6 is 22.9 Å². The molecule has 2 atom stereocenters. The SMILES string of the molecule is O=C(Cc1ccc(Cl)s1)N[C@H]1CCN2CCC[C@H]2C1. The third-order valence-corrected chi connectivity index (χ3v) is 5.38. The largest absolute Gasteiger partial charge is 0.353 e. The molecule has 0 radical (unpaired) electrons. The number of rotatable bonds is 3. The Bertz CT molecular complexity index is 462. The molecule has 1 aromatic heterocycles. The summed E-state index contributed by atoms with van der Waals surface area (Å²) in [6.45, 7) is 2.39. The highest BCUT2D eigenvalue weighted by Gasteiger charge is 2.32. The van der Waals surface area contributed by atoms with E-state index in [0.29, 0.717) is 18.5 Å². The molecule has 2 fully saturated rings. The van der Waals surface area contributed by atoms with Gasteiger partial charge in [-0.1, -0.05) is 11.6 Å². The Morgan fingerprint density at radius 1 is 1.42 bits per heavy atom. The van der Waals surface area contributed by atoms with E-state index in [1.54, 1.807) is 0 Å². The fraction of sp³-hybridized carbons (Fsp3) is 0.643. The van der Waals surface area contributed by atoms with Crippen molar-refractivity contribution in [3.05, 3.63) is 21.3 Å². The lowest BCUT2D eigenvalue weighted by Gasteiger charge is -2.35. The first-order valence-corrected chi connectivity index (χ1v) is 8.18. The van der Waals surface area contributed by atoms with Crippen molar-refractivity contribution in [2.75, 3.05) is 13.1 Å². The second-order valence-corrected chi connectivity index (χ2v) is 7.30. The minimum atomic E-state index is 0.134. The average molecular weight is 299 g/mol. The van der Waals surface area contributed by atoms with Gasteiger partial charge >= 0.3 is 0 Å². The fourth-order valence-corrected chi connectivity index (χ4v) is 4.33. The summed E-state index contributed by atoms with van der Waals surface area (Å²) in [6, 6.07) is 4.86. The summed E-state index contributed by atoms with van der Waals surface area (Å²) < 4.78 is 0.752. The van der Waals surface area contributed by atoms with Gasteiger partial charge in [-0.3, -0.25) is 4.79 Å². The van der Waals surface area contributed by atoms with E-state index in [-0.39, 0.29) is 5.91 Å². The molecule has 19 heavy (non-hydrogen) atoms. The normalized spacial score (nSPS) is 27.2. The number of amides is 1. The van der Waals surface area contributed by atoms with Crippen molar-refractivity contribution in [2.24, 2.45) is 0 Å². The molecule has 1 amide bonds. The molecule has 3 rings (SSSR count). The van der Waals surface area contributed by atoms with Gasteiger partial charge in [0.2, 0.25) is 5.91 Å². The molecule has 2 saturated heterocycles. The average Bonchev–Trinajstić information content (AvgIpc) is 2.97. The molecule has 0 aromatic carbocycles. The van der Waals surface area contributed by atoms with Crippen LogP contribution in [0.2, 0.25) is 4.34 Å². The van der Waals surface area contributed by atoms with E-state index in [2.05, 4.69) is 10.2 Å². The van der Waals surface area contributed by atoms with Crippen LogP contribution in [-0.4, -0.2) is 36.0 Å². The number of hydrogen-bond donors (Lipinski definition) is 1. The molecule has 0 saturated carbocycles. The van der Waals surface area contributed by atoms with E-state index in [0.717, 1.165) is 28.6 Å². The van der Waals surface area contributed by atoms with Crippen molar-refractivity contribution >= 4 is 28.8 Å². The molecule has 0 spiro atoms. The predicted molar refractivity (Wildman–Crippen MR) is 78.8 cm³/mol. The Balaban J connectivity index is 1.49. The van der Waals surface area contributed by atoms with Crippen molar-refractivity contribution < 1.29 is 4.79 Å². The third-order valence-electron chi connectivity index (χ3n) is 4.15. The molecular weight excluding hydrogens is 280 g/mol. The van der Waals surface area contributed by atoms with Gasteiger partial charge in [-0.15, -0.1) is 11.3 Å². The van der Waals surface area contributed by atoms with Gasteiger partial charge in [0.05, 0.1) is 10.8 Å². The zero-order valence-electron chi connectivity index (χ0n) is 10.9. The number of halogens is 1. The zero-order chi connectivity index (χ0) is 13.2. The molecule has 104 valence electrons. The molecule has 2 aliphatic rings. The van der Waals surface area contributed by atoms with Gasteiger partial charge in [0.15, 0.2) is 0 Å². The molecule has 1 aromatic rings. The highest BCUT2D eigenvalue weighted by Crippen LogP contribution is 2.27. The molecule has 0 unspecified atom stereocenters. The van der Waals surface area contributed by atoms with E-state index in [1.807, 2.05) is 12.1 Å². The van der Waals surface area contributed by atoms with Crippen molar-refractivity contribution in [1.82, 2.24) is 10.2 Å². The van der Waals surface area contributed by atoms with Crippen LogP contribution in [0.15, 0.2) is 12.1 Å². The Labute approximate surface area is 122 Å². The van der Waals surface area contributed by atoms with Crippen LogP contribution in [0.25, 0.3) is 0 Å². The van der Waals surface area contributed by atoms with Gasteiger partial charge in [0.25, 0.3) is 0 Å². The molecular formula is C14H19ClN2OS. The minimum absolute atomic E-state index is 0.134. The number of fused-ring (bicyclic) bond motifs is 1. The van der Waals surface area contributed by atoms with Crippen molar-refractivity contribution in [3.8, 4) is 0 Å². The van der Waals surface area contributed by atoms with Gasteiger partial charge in [0.1, 0.15) is 0 Å². The van der Waals surface area contributed by atoms with Crippen LogP contribution in [0, 0.1) is 0 Å². The summed E-state index contributed by atoms with van der Waals surface area (Å²) in [6.07, 6.45) is 5.29. The van der Waals surface area contributed by atoms with Crippen molar-refractivity contribution in [1.29, 1.82) is 0 Å². The molecule has 3 nitrogen and oxygen atoms in total. The lowest BCUT2D eigenvalue weighted by atomic mass is 9.97. The maximum absolute atomic E-state index is 12.0. The van der Waals surface area contributed by atoms with Gasteiger partial charge in [-0.2, -0.15) is 0 Å². The quantitative estimate of drug-likeness (QED) is 0.930. The smallest absolute Gasteiger partial charge is 0.225 e. The summed E-state index contributed by atoms with van der Waals surface area (Å²) in [5, 5.41) is 3.19. The van der Waals surface area contributed by atoms with E-state index in [4.69, 9.17) is 11.6 Å². The Hall–Kier alpha value is -0.580. The van der Waals surface area contributed by atoms with Crippen LogP contribution in [0.4, 0.5) is 0 Å². The summed E-state index contributed by atoms with van der Waals surface area (Å²) in [5.41, 5.74) is 0. The highest BCUT2D eigenvalue weighted by atomic mass is 35.5. The molecule has 1 N–H and O–H groups in total. The summed E-state index contributed by atoms with van der Waals surface area (Å²) in [4.78, 5) is 15.6. The minimum Gasteiger partial charge on any atom is -0.353 e. The van der Waals surface area contributed by atoms with Crippen molar-refractivity contribution in [3.63, 3.8) is 0 Å². The Morgan fingerprint density at radius 2 is 2.32 bits per heavy atom. The van der Waals surface area contributed by atoms with E-state index in [9.17, 15) is 4.79 Å².